The Kier molecular flexibility index (Phi) is 5.42. The zero-order valence-electron chi connectivity index (χ0n) is 12.0. The molecule has 0 saturated heterocycles. The Morgan fingerprint density at radius 1 is 1.24 bits per heavy atom. The number of nitrogens with one attached hydrogen (secondary N) is 1. The summed E-state index contributed by atoms with van der Waals surface area (Å²) in [6.45, 7) is 4.47. The summed E-state index contributed by atoms with van der Waals surface area (Å²) in [5, 5.41) is 3.13. The third-order valence-electron chi connectivity index (χ3n) is 3.23. The van der Waals surface area contributed by atoms with Crippen LogP contribution in [0.5, 0.6) is 0 Å². The Morgan fingerprint density at radius 3 is 2.43 bits per heavy atom. The number of rotatable bonds is 5. The summed E-state index contributed by atoms with van der Waals surface area (Å²) in [7, 11) is 0. The third kappa shape index (κ3) is 4.08. The molecule has 0 bridgehead atoms. The van der Waals surface area contributed by atoms with Gasteiger partial charge >= 0.3 is 0 Å². The van der Waals surface area contributed by atoms with E-state index in [-0.39, 0.29) is 5.56 Å². The molecule has 0 saturated carbocycles. The fourth-order valence-corrected chi connectivity index (χ4v) is 2.64. The van der Waals surface area contributed by atoms with Crippen LogP contribution in [0.3, 0.4) is 0 Å². The predicted octanol–water partition coefficient (Wildman–Crippen LogP) is 4.32. The van der Waals surface area contributed by atoms with Crippen LogP contribution in [0.25, 0.3) is 0 Å². The highest BCUT2D eigenvalue weighted by molar-refractivity contribution is 9.10. The van der Waals surface area contributed by atoms with Crippen molar-refractivity contribution in [3.8, 4) is 0 Å². The minimum absolute atomic E-state index is 0.0578. The van der Waals surface area contributed by atoms with Crippen molar-refractivity contribution in [1.82, 2.24) is 10.3 Å². The van der Waals surface area contributed by atoms with Gasteiger partial charge < -0.3 is 5.32 Å². The maximum atomic E-state index is 14.1. The van der Waals surface area contributed by atoms with Gasteiger partial charge in [-0.2, -0.15) is 0 Å². The van der Waals surface area contributed by atoms with E-state index < -0.39 is 17.7 Å². The van der Waals surface area contributed by atoms with E-state index in [1.54, 1.807) is 6.20 Å². The normalized spacial score (nSPS) is 12.4. The van der Waals surface area contributed by atoms with Crippen molar-refractivity contribution in [2.24, 2.45) is 0 Å². The van der Waals surface area contributed by atoms with Gasteiger partial charge in [-0.05, 0) is 37.2 Å². The van der Waals surface area contributed by atoms with Crippen LogP contribution in [0.15, 0.2) is 34.9 Å². The second kappa shape index (κ2) is 7.09. The number of likely N-dealkylation sites (N-methyl/N-ethyl adjacent to an activating group) is 1. The van der Waals surface area contributed by atoms with Gasteiger partial charge in [-0.3, -0.25) is 4.98 Å². The van der Waals surface area contributed by atoms with Crippen LogP contribution in [-0.4, -0.2) is 11.5 Å². The van der Waals surface area contributed by atoms with Gasteiger partial charge in [-0.25, -0.2) is 8.78 Å². The number of pyridine rings is 1. The number of hydrogen-bond acceptors (Lipinski definition) is 2. The quantitative estimate of drug-likeness (QED) is 0.864. The molecule has 2 nitrogen and oxygen atoms in total. The van der Waals surface area contributed by atoms with Crippen LogP contribution in [0.4, 0.5) is 8.78 Å². The van der Waals surface area contributed by atoms with Gasteiger partial charge in [0.15, 0.2) is 0 Å². The molecule has 0 aliphatic rings. The van der Waals surface area contributed by atoms with Crippen molar-refractivity contribution in [2.75, 3.05) is 6.54 Å². The highest BCUT2D eigenvalue weighted by Gasteiger charge is 2.21. The number of aromatic nitrogens is 1. The van der Waals surface area contributed by atoms with Crippen molar-refractivity contribution in [1.29, 1.82) is 0 Å². The minimum Gasteiger partial charge on any atom is -0.310 e. The van der Waals surface area contributed by atoms with E-state index in [0.717, 1.165) is 11.3 Å². The van der Waals surface area contributed by atoms with E-state index in [0.29, 0.717) is 17.4 Å². The summed E-state index contributed by atoms with van der Waals surface area (Å²) in [4.78, 5) is 4.31. The third-order valence-corrected chi connectivity index (χ3v) is 3.69. The molecule has 112 valence electrons. The van der Waals surface area contributed by atoms with Crippen LogP contribution in [-0.2, 0) is 6.42 Å². The van der Waals surface area contributed by atoms with Crippen LogP contribution in [0.1, 0.15) is 29.8 Å². The van der Waals surface area contributed by atoms with E-state index in [2.05, 4.69) is 26.2 Å². The summed E-state index contributed by atoms with van der Waals surface area (Å²) in [6.07, 6.45) is 2.19. The van der Waals surface area contributed by atoms with Crippen molar-refractivity contribution in [2.45, 2.75) is 26.3 Å². The van der Waals surface area contributed by atoms with Gasteiger partial charge in [-0.1, -0.05) is 28.9 Å². The van der Waals surface area contributed by atoms with Gasteiger partial charge in [0.2, 0.25) is 0 Å². The van der Waals surface area contributed by atoms with Gasteiger partial charge in [0.25, 0.3) is 0 Å². The lowest BCUT2D eigenvalue weighted by molar-refractivity contribution is 0.469. The lowest BCUT2D eigenvalue weighted by atomic mass is 10.00. The fourth-order valence-electron chi connectivity index (χ4n) is 2.24. The second-order valence-corrected chi connectivity index (χ2v) is 5.84. The number of benzene rings is 1. The van der Waals surface area contributed by atoms with E-state index in [1.165, 1.54) is 12.1 Å². The summed E-state index contributed by atoms with van der Waals surface area (Å²) in [5.41, 5.74) is 1.91. The standard InChI is InChI=1S/C16H17BrF2N2/c1-3-20-15(8-12-5-4-10(2)9-21-12)16-13(18)6-11(17)7-14(16)19/h4-7,9,15,20H,3,8H2,1-2H3. The molecule has 0 radical (unpaired) electrons. The molecule has 0 aliphatic carbocycles. The van der Waals surface area contributed by atoms with Crippen LogP contribution in [0.2, 0.25) is 0 Å². The molecule has 1 aromatic carbocycles. The van der Waals surface area contributed by atoms with Gasteiger partial charge in [0, 0.05) is 34.4 Å². The first-order chi connectivity index (χ1) is 10.0. The van der Waals surface area contributed by atoms with Crippen molar-refractivity contribution in [3.63, 3.8) is 0 Å². The zero-order valence-corrected chi connectivity index (χ0v) is 13.5. The van der Waals surface area contributed by atoms with Gasteiger partial charge in [-0.15, -0.1) is 0 Å². The summed E-state index contributed by atoms with van der Waals surface area (Å²) < 4.78 is 28.6. The zero-order chi connectivity index (χ0) is 15.4. The van der Waals surface area contributed by atoms with E-state index in [1.807, 2.05) is 26.0 Å². The first kappa shape index (κ1) is 16.0. The molecule has 0 fully saturated rings. The second-order valence-electron chi connectivity index (χ2n) is 4.92. The first-order valence-corrected chi connectivity index (χ1v) is 7.60. The summed E-state index contributed by atoms with van der Waals surface area (Å²) >= 11 is 3.10. The van der Waals surface area contributed by atoms with Crippen LogP contribution >= 0.6 is 15.9 Å². The lowest BCUT2D eigenvalue weighted by Gasteiger charge is -2.19. The lowest BCUT2D eigenvalue weighted by Crippen LogP contribution is -2.25. The molecule has 2 rings (SSSR count). The number of aryl methyl sites for hydroxylation is 1. The highest BCUT2D eigenvalue weighted by Crippen LogP contribution is 2.27. The molecule has 0 amide bonds. The summed E-state index contributed by atoms with van der Waals surface area (Å²) in [5.74, 6) is -1.11. The molecule has 1 N–H and O–H groups in total. The Bertz CT molecular complexity index is 591. The molecule has 1 unspecified atom stereocenters. The molecule has 0 aliphatic heterocycles. The smallest absolute Gasteiger partial charge is 0.132 e. The number of halogens is 3. The Hall–Kier alpha value is -1.33. The Balaban J connectivity index is 2.33. The molecular formula is C16H17BrF2N2. The average molecular weight is 355 g/mol. The Labute approximate surface area is 131 Å². The van der Waals surface area contributed by atoms with Crippen LogP contribution < -0.4 is 5.32 Å². The fraction of sp³-hybridized carbons (Fsp3) is 0.312. The molecular weight excluding hydrogens is 338 g/mol. The first-order valence-electron chi connectivity index (χ1n) is 6.80. The molecule has 1 atom stereocenters. The molecule has 2 aromatic rings. The number of hydrogen-bond donors (Lipinski definition) is 1. The number of nitrogens with zero attached hydrogens (tertiary/aromatic N) is 1. The van der Waals surface area contributed by atoms with Crippen molar-refractivity contribution < 1.29 is 8.78 Å². The Morgan fingerprint density at radius 2 is 1.90 bits per heavy atom. The van der Waals surface area contributed by atoms with Gasteiger partial charge in [0.1, 0.15) is 11.6 Å². The topological polar surface area (TPSA) is 24.9 Å². The van der Waals surface area contributed by atoms with E-state index >= 15 is 0 Å². The SMILES string of the molecule is CCNC(Cc1ccc(C)cn1)c1c(F)cc(Br)cc1F. The highest BCUT2D eigenvalue weighted by atomic mass is 79.9. The monoisotopic (exact) mass is 354 g/mol. The average Bonchev–Trinajstić information content (AvgIpc) is 2.40. The molecule has 1 aromatic heterocycles. The molecule has 0 spiro atoms. The molecule has 5 heteroatoms. The molecule has 1 heterocycles. The maximum absolute atomic E-state index is 14.1. The predicted molar refractivity (Wildman–Crippen MR) is 83.2 cm³/mol. The van der Waals surface area contributed by atoms with Gasteiger partial charge in [0.05, 0.1) is 0 Å². The largest absolute Gasteiger partial charge is 0.310 e. The maximum Gasteiger partial charge on any atom is 0.132 e. The minimum atomic E-state index is -0.556. The van der Waals surface area contributed by atoms with E-state index in [9.17, 15) is 8.78 Å². The summed E-state index contributed by atoms with van der Waals surface area (Å²) in [6, 6.07) is 5.95. The molecule has 21 heavy (non-hydrogen) atoms. The van der Waals surface area contributed by atoms with E-state index in [4.69, 9.17) is 0 Å². The van der Waals surface area contributed by atoms with Crippen LogP contribution in [0, 0.1) is 18.6 Å². The van der Waals surface area contributed by atoms with Crippen molar-refractivity contribution >= 4 is 15.9 Å². The van der Waals surface area contributed by atoms with Crippen molar-refractivity contribution in [3.05, 3.63) is 63.4 Å².